The van der Waals surface area contributed by atoms with E-state index in [9.17, 15) is 25.2 Å². The van der Waals surface area contributed by atoms with Crippen molar-refractivity contribution >= 4 is 5.78 Å². The molecule has 138 valence electrons. The Kier molecular flexibility index (Phi) is 3.36. The highest BCUT2D eigenvalue weighted by Gasteiger charge is 2.75. The number of carbonyl (C=O) groups excluding carboxylic acids is 1. The zero-order chi connectivity index (χ0) is 18.5. The lowest BCUT2D eigenvalue weighted by Crippen LogP contribution is -2.65. The predicted molar refractivity (Wildman–Crippen MR) is 91.4 cm³/mol. The van der Waals surface area contributed by atoms with Gasteiger partial charge in [0, 0.05) is 5.92 Å². The molecule has 2 bridgehead atoms. The summed E-state index contributed by atoms with van der Waals surface area (Å²) < 4.78 is 0. The minimum atomic E-state index is -2.12. The van der Waals surface area contributed by atoms with Crippen molar-refractivity contribution in [3.63, 3.8) is 0 Å². The van der Waals surface area contributed by atoms with E-state index in [1.165, 1.54) is 0 Å². The van der Waals surface area contributed by atoms with Gasteiger partial charge in [-0.3, -0.25) is 4.79 Å². The molecule has 0 aromatic carbocycles. The van der Waals surface area contributed by atoms with Gasteiger partial charge in [-0.05, 0) is 47.7 Å². The van der Waals surface area contributed by atoms with E-state index in [2.05, 4.69) is 13.8 Å². The van der Waals surface area contributed by atoms with Gasteiger partial charge < -0.3 is 20.4 Å². The molecule has 5 heteroatoms. The van der Waals surface area contributed by atoms with Crippen molar-refractivity contribution in [2.75, 3.05) is 6.61 Å². The van der Waals surface area contributed by atoms with Gasteiger partial charge in [-0.2, -0.15) is 0 Å². The van der Waals surface area contributed by atoms with Crippen LogP contribution in [0.15, 0.2) is 23.3 Å². The predicted octanol–water partition coefficient (Wildman–Crippen LogP) is 0.815. The van der Waals surface area contributed by atoms with Gasteiger partial charge in [0.25, 0.3) is 0 Å². The first-order valence-electron chi connectivity index (χ1n) is 9.19. The highest BCUT2D eigenvalue weighted by Crippen LogP contribution is 2.72. The first-order valence-corrected chi connectivity index (χ1v) is 9.19. The van der Waals surface area contributed by atoms with Crippen LogP contribution in [-0.2, 0) is 4.79 Å². The molecule has 2 saturated carbocycles. The highest BCUT2D eigenvalue weighted by molar-refractivity contribution is 6.06. The Morgan fingerprint density at radius 3 is 2.52 bits per heavy atom. The third kappa shape index (κ3) is 1.71. The number of carbonyl (C=O) groups is 1. The number of fused-ring (bicyclic) bond motifs is 3. The van der Waals surface area contributed by atoms with Crippen molar-refractivity contribution in [3.8, 4) is 0 Å². The molecule has 4 rings (SSSR count). The number of hydrogen-bond acceptors (Lipinski definition) is 5. The van der Waals surface area contributed by atoms with Crippen LogP contribution in [0.4, 0.5) is 0 Å². The van der Waals surface area contributed by atoms with Crippen LogP contribution in [0.5, 0.6) is 0 Å². The fourth-order valence-electron chi connectivity index (χ4n) is 6.54. The van der Waals surface area contributed by atoms with Crippen LogP contribution in [0.2, 0.25) is 0 Å². The van der Waals surface area contributed by atoms with Crippen molar-refractivity contribution in [3.05, 3.63) is 23.3 Å². The summed E-state index contributed by atoms with van der Waals surface area (Å²) in [6.45, 7) is 7.51. The molecule has 0 saturated heterocycles. The summed E-state index contributed by atoms with van der Waals surface area (Å²) in [7, 11) is 0. The first kappa shape index (κ1) is 17.4. The molecule has 4 aliphatic carbocycles. The van der Waals surface area contributed by atoms with E-state index in [1.807, 2.05) is 6.92 Å². The number of rotatable bonds is 1. The van der Waals surface area contributed by atoms with Gasteiger partial charge in [0.1, 0.15) is 6.10 Å². The Balaban J connectivity index is 1.99. The van der Waals surface area contributed by atoms with Crippen LogP contribution in [0, 0.1) is 34.5 Å². The second kappa shape index (κ2) is 4.83. The lowest BCUT2D eigenvalue weighted by molar-refractivity contribution is -0.187. The molecule has 5 nitrogen and oxygen atoms in total. The topological polar surface area (TPSA) is 98.0 Å². The van der Waals surface area contributed by atoms with Gasteiger partial charge in [-0.15, -0.1) is 0 Å². The van der Waals surface area contributed by atoms with Crippen LogP contribution in [-0.4, -0.2) is 50.6 Å². The first-order chi connectivity index (χ1) is 11.5. The number of Topliss-reactive ketones (excluding diaryl/α,β-unsaturated/α-hetero) is 1. The summed E-state index contributed by atoms with van der Waals surface area (Å²) in [4.78, 5) is 12.9. The molecule has 4 N–H and O–H groups in total. The second-order valence-corrected chi connectivity index (χ2v) is 9.27. The maximum atomic E-state index is 12.9. The molecule has 0 radical (unpaired) electrons. The standard InChI is InChI=1S/C20H28O5/c1-9-7-19-10(2)5-13-14(18(13,3)4)12(17(19)24)6-11(8-21)16(23)20(19,25)15(9)22/h6-7,10,12-14,16-17,21,23-25H,5,8H2,1-4H3/t10-,12+,13-,14+,16-,17?,19+,20-/m1/s1. The number of aliphatic hydroxyl groups excluding tert-OH is 3. The Bertz CT molecular complexity index is 707. The Labute approximate surface area is 148 Å². The number of aliphatic hydroxyl groups is 4. The van der Waals surface area contributed by atoms with Gasteiger partial charge in [-0.25, -0.2) is 0 Å². The molecule has 0 aromatic rings. The van der Waals surface area contributed by atoms with E-state index in [0.717, 1.165) is 6.42 Å². The molecule has 8 atom stereocenters. The van der Waals surface area contributed by atoms with Crippen molar-refractivity contribution in [2.45, 2.75) is 51.9 Å². The van der Waals surface area contributed by atoms with Crippen LogP contribution in [0.1, 0.15) is 34.1 Å². The molecule has 25 heavy (non-hydrogen) atoms. The molecular formula is C20H28O5. The molecule has 2 fully saturated rings. The summed E-state index contributed by atoms with van der Waals surface area (Å²) >= 11 is 0. The minimum Gasteiger partial charge on any atom is -0.392 e. The summed E-state index contributed by atoms with van der Waals surface area (Å²) in [5.74, 6) is -0.410. The lowest BCUT2D eigenvalue weighted by Gasteiger charge is -2.49. The van der Waals surface area contributed by atoms with E-state index >= 15 is 0 Å². The normalized spacial score (nSPS) is 53.2. The second-order valence-electron chi connectivity index (χ2n) is 9.27. The minimum absolute atomic E-state index is 0.0629. The SMILES string of the molecule is CC1=C[C@]23C(O)[C@@H](C=C(CO)[C@@H](O)[C@]2(O)C1=O)[C@H]1[C@@H](C[C@H]3C)C1(C)C. The van der Waals surface area contributed by atoms with Gasteiger partial charge in [-0.1, -0.05) is 32.9 Å². The molecule has 0 aliphatic heterocycles. The van der Waals surface area contributed by atoms with E-state index in [0.29, 0.717) is 11.5 Å². The third-order valence-corrected chi connectivity index (χ3v) is 7.99. The lowest BCUT2D eigenvalue weighted by atomic mass is 9.58. The number of hydrogen-bond donors (Lipinski definition) is 4. The molecule has 0 aromatic heterocycles. The highest BCUT2D eigenvalue weighted by atomic mass is 16.4. The molecule has 4 aliphatic rings. The maximum Gasteiger partial charge on any atom is 0.193 e. The Morgan fingerprint density at radius 1 is 1.28 bits per heavy atom. The van der Waals surface area contributed by atoms with Gasteiger partial charge >= 0.3 is 0 Å². The molecule has 0 amide bonds. The zero-order valence-corrected chi connectivity index (χ0v) is 15.2. The Hall–Kier alpha value is -1.01. The fraction of sp³-hybridized carbons (Fsp3) is 0.750. The van der Waals surface area contributed by atoms with Gasteiger partial charge in [0.15, 0.2) is 11.4 Å². The van der Waals surface area contributed by atoms with E-state index in [-0.39, 0.29) is 28.7 Å². The van der Waals surface area contributed by atoms with E-state index in [1.54, 1.807) is 19.1 Å². The largest absolute Gasteiger partial charge is 0.392 e. The summed E-state index contributed by atoms with van der Waals surface area (Å²) in [6, 6.07) is 0. The summed E-state index contributed by atoms with van der Waals surface area (Å²) in [6.07, 6.45) is 1.73. The van der Waals surface area contributed by atoms with Crippen molar-refractivity contribution < 1.29 is 25.2 Å². The van der Waals surface area contributed by atoms with Crippen LogP contribution >= 0.6 is 0 Å². The fourth-order valence-corrected chi connectivity index (χ4v) is 6.54. The van der Waals surface area contributed by atoms with Crippen molar-refractivity contribution in [1.82, 2.24) is 0 Å². The van der Waals surface area contributed by atoms with Crippen molar-refractivity contribution in [2.24, 2.45) is 34.5 Å². The quantitative estimate of drug-likeness (QED) is 0.526. The van der Waals surface area contributed by atoms with Crippen LogP contribution < -0.4 is 0 Å². The molecular weight excluding hydrogens is 320 g/mol. The van der Waals surface area contributed by atoms with E-state index < -0.39 is 35.6 Å². The molecule has 1 unspecified atom stereocenters. The van der Waals surface area contributed by atoms with E-state index in [4.69, 9.17) is 0 Å². The van der Waals surface area contributed by atoms with Gasteiger partial charge in [0.2, 0.25) is 0 Å². The average Bonchev–Trinajstić information content (AvgIpc) is 3.05. The monoisotopic (exact) mass is 348 g/mol. The number of ketones is 1. The molecule has 0 heterocycles. The summed E-state index contributed by atoms with van der Waals surface area (Å²) in [5, 5.41) is 43.7. The van der Waals surface area contributed by atoms with Crippen molar-refractivity contribution in [1.29, 1.82) is 0 Å². The zero-order valence-electron chi connectivity index (χ0n) is 15.2. The Morgan fingerprint density at radius 2 is 1.92 bits per heavy atom. The van der Waals surface area contributed by atoms with Crippen LogP contribution in [0.3, 0.4) is 0 Å². The smallest absolute Gasteiger partial charge is 0.193 e. The third-order valence-electron chi connectivity index (χ3n) is 7.99. The average molecular weight is 348 g/mol. The molecule has 1 spiro atoms. The van der Waals surface area contributed by atoms with Gasteiger partial charge in [0.05, 0.1) is 18.1 Å². The van der Waals surface area contributed by atoms with Crippen LogP contribution in [0.25, 0.3) is 0 Å². The maximum absolute atomic E-state index is 12.9. The summed E-state index contributed by atoms with van der Waals surface area (Å²) in [5.41, 5.74) is -2.68.